The maximum atomic E-state index is 6.17. The first-order chi connectivity index (χ1) is 11.9. The lowest BCUT2D eigenvalue weighted by Crippen LogP contribution is -2.38. The molecule has 138 valence electrons. The van der Waals surface area contributed by atoms with Gasteiger partial charge >= 0.3 is 0 Å². The fourth-order valence-electron chi connectivity index (χ4n) is 2.96. The molecule has 0 amide bonds. The van der Waals surface area contributed by atoms with Gasteiger partial charge in [-0.1, -0.05) is 19.6 Å². The summed E-state index contributed by atoms with van der Waals surface area (Å²) in [5, 5.41) is 8.18. The number of piperidine rings is 1. The quantitative estimate of drug-likeness (QED) is 0.436. The summed E-state index contributed by atoms with van der Waals surface area (Å²) in [5.74, 6) is 0.810. The van der Waals surface area contributed by atoms with Crippen molar-refractivity contribution in [3.05, 3.63) is 17.5 Å². The molecule has 2 aromatic rings. The maximum absolute atomic E-state index is 6.17. The highest BCUT2D eigenvalue weighted by Crippen LogP contribution is 2.25. The van der Waals surface area contributed by atoms with E-state index in [1.54, 1.807) is 0 Å². The van der Waals surface area contributed by atoms with E-state index in [2.05, 4.69) is 40.2 Å². The van der Waals surface area contributed by atoms with Crippen LogP contribution in [0.3, 0.4) is 0 Å². The van der Waals surface area contributed by atoms with Crippen LogP contribution in [0.25, 0.3) is 11.0 Å². The summed E-state index contributed by atoms with van der Waals surface area (Å²) in [6.07, 6.45) is 4.30. The van der Waals surface area contributed by atoms with Crippen LogP contribution < -0.4 is 10.6 Å². The minimum absolute atomic E-state index is 0.265. The molecule has 1 aliphatic rings. The van der Waals surface area contributed by atoms with Gasteiger partial charge in [0.15, 0.2) is 0 Å². The average Bonchev–Trinajstić information content (AvgIpc) is 2.95. The summed E-state index contributed by atoms with van der Waals surface area (Å²) in [7, 11) is -1.07. The topological polar surface area (TPSA) is 64.0 Å². The number of rotatable bonds is 7. The first kappa shape index (κ1) is 18.6. The normalized spacial score (nSPS) is 18.6. The van der Waals surface area contributed by atoms with Crippen LogP contribution in [0.4, 0.5) is 5.82 Å². The van der Waals surface area contributed by atoms with Gasteiger partial charge in [0.2, 0.25) is 5.28 Å². The minimum atomic E-state index is -1.07. The third-order valence-corrected chi connectivity index (χ3v) is 6.33. The van der Waals surface area contributed by atoms with Crippen molar-refractivity contribution in [3.8, 4) is 0 Å². The highest BCUT2D eigenvalue weighted by Gasteiger charge is 2.17. The van der Waals surface area contributed by atoms with Crippen LogP contribution in [-0.4, -0.2) is 48.3 Å². The molecule has 3 rings (SSSR count). The van der Waals surface area contributed by atoms with E-state index in [1.165, 1.54) is 6.42 Å². The van der Waals surface area contributed by atoms with Crippen molar-refractivity contribution in [1.29, 1.82) is 0 Å². The second-order valence-corrected chi connectivity index (χ2v) is 13.9. The smallest absolute Gasteiger partial charge is 0.226 e. The van der Waals surface area contributed by atoms with Gasteiger partial charge in [-0.2, -0.15) is 4.98 Å². The monoisotopic (exact) mass is 381 g/mol. The number of anilines is 1. The van der Waals surface area contributed by atoms with Crippen molar-refractivity contribution in [1.82, 2.24) is 19.9 Å². The molecule has 1 saturated heterocycles. The molecule has 1 fully saturated rings. The number of fused-ring (bicyclic) bond motifs is 1. The van der Waals surface area contributed by atoms with E-state index < -0.39 is 8.07 Å². The molecule has 0 saturated carbocycles. The Bertz CT molecular complexity index is 709. The van der Waals surface area contributed by atoms with Crippen LogP contribution in [0.15, 0.2) is 12.3 Å². The van der Waals surface area contributed by atoms with Gasteiger partial charge in [-0.25, -0.2) is 4.98 Å². The molecule has 1 atom stereocenters. The fraction of sp³-hybridized carbons (Fsp3) is 0.647. The Morgan fingerprint density at radius 3 is 2.96 bits per heavy atom. The molecule has 3 heterocycles. The maximum Gasteiger partial charge on any atom is 0.226 e. The predicted molar refractivity (Wildman–Crippen MR) is 106 cm³/mol. The molecular weight excluding hydrogens is 354 g/mol. The highest BCUT2D eigenvalue weighted by atomic mass is 35.5. The van der Waals surface area contributed by atoms with E-state index in [0.29, 0.717) is 12.8 Å². The summed E-state index contributed by atoms with van der Waals surface area (Å²) in [6.45, 7) is 10.4. The minimum Gasteiger partial charge on any atom is -0.365 e. The van der Waals surface area contributed by atoms with Crippen molar-refractivity contribution in [2.24, 2.45) is 0 Å². The number of nitrogens with one attached hydrogen (secondary N) is 2. The standard InChI is InChI=1S/C17H28ClN5OSi/c1-25(2,3)10-9-24-12-23-8-6-14-15(21-17(18)22-16(14)23)20-13-5-4-7-19-11-13/h6,8,13,19H,4-5,7,9-12H2,1-3H3,(H,20,21,22)/t13-/m1/s1. The highest BCUT2D eigenvalue weighted by molar-refractivity contribution is 6.76. The van der Waals surface area contributed by atoms with Gasteiger partial charge in [-0.15, -0.1) is 0 Å². The Morgan fingerprint density at radius 2 is 2.24 bits per heavy atom. The second-order valence-electron chi connectivity index (χ2n) is 7.90. The predicted octanol–water partition coefficient (Wildman–Crippen LogP) is 3.56. The molecular formula is C17H28ClN5OSi. The van der Waals surface area contributed by atoms with E-state index >= 15 is 0 Å². The molecule has 0 aromatic carbocycles. The number of halogens is 1. The lowest BCUT2D eigenvalue weighted by molar-refractivity contribution is 0.0899. The van der Waals surface area contributed by atoms with Crippen molar-refractivity contribution >= 4 is 36.5 Å². The van der Waals surface area contributed by atoms with E-state index in [9.17, 15) is 0 Å². The van der Waals surface area contributed by atoms with Crippen LogP contribution in [-0.2, 0) is 11.5 Å². The van der Waals surface area contributed by atoms with Crippen LogP contribution >= 0.6 is 11.6 Å². The van der Waals surface area contributed by atoms with Gasteiger partial charge in [-0.3, -0.25) is 0 Å². The lowest BCUT2D eigenvalue weighted by Gasteiger charge is -2.24. The fourth-order valence-corrected chi connectivity index (χ4v) is 3.88. The van der Waals surface area contributed by atoms with Crippen molar-refractivity contribution < 1.29 is 4.74 Å². The van der Waals surface area contributed by atoms with Gasteiger partial charge < -0.3 is 19.9 Å². The summed E-state index contributed by atoms with van der Waals surface area (Å²) < 4.78 is 7.85. The van der Waals surface area contributed by atoms with Gasteiger partial charge in [0.1, 0.15) is 18.2 Å². The summed E-state index contributed by atoms with van der Waals surface area (Å²) in [4.78, 5) is 8.81. The Balaban J connectivity index is 1.71. The largest absolute Gasteiger partial charge is 0.365 e. The third-order valence-electron chi connectivity index (χ3n) is 4.46. The number of nitrogens with zero attached hydrogens (tertiary/aromatic N) is 3. The first-order valence-corrected chi connectivity index (χ1v) is 13.1. The molecule has 8 heteroatoms. The zero-order valence-electron chi connectivity index (χ0n) is 15.3. The average molecular weight is 382 g/mol. The third kappa shape index (κ3) is 5.16. The van der Waals surface area contributed by atoms with Crippen LogP contribution in [0.1, 0.15) is 12.8 Å². The molecule has 6 nitrogen and oxygen atoms in total. The van der Waals surface area contributed by atoms with E-state index in [1.807, 2.05) is 16.8 Å². The van der Waals surface area contributed by atoms with Crippen LogP contribution in [0, 0.1) is 0 Å². The number of hydrogen-bond donors (Lipinski definition) is 2. The molecule has 1 aliphatic heterocycles. The number of aromatic nitrogens is 3. The summed E-state index contributed by atoms with van der Waals surface area (Å²) in [5.41, 5.74) is 0.819. The van der Waals surface area contributed by atoms with Crippen molar-refractivity contribution in [2.45, 2.75) is 51.3 Å². The van der Waals surface area contributed by atoms with Gasteiger partial charge in [0, 0.05) is 33.5 Å². The molecule has 0 spiro atoms. The molecule has 2 N–H and O–H groups in total. The Labute approximate surface area is 155 Å². The number of ether oxygens (including phenoxy) is 1. The van der Waals surface area contributed by atoms with Crippen molar-refractivity contribution in [2.75, 3.05) is 25.0 Å². The van der Waals surface area contributed by atoms with E-state index in [-0.39, 0.29) is 5.28 Å². The van der Waals surface area contributed by atoms with E-state index in [4.69, 9.17) is 16.3 Å². The molecule has 0 unspecified atom stereocenters. The Hall–Kier alpha value is -1.15. The lowest BCUT2D eigenvalue weighted by atomic mass is 10.1. The Morgan fingerprint density at radius 1 is 1.40 bits per heavy atom. The van der Waals surface area contributed by atoms with Crippen LogP contribution in [0.5, 0.6) is 0 Å². The second kappa shape index (κ2) is 8.03. The van der Waals surface area contributed by atoms with Crippen molar-refractivity contribution in [3.63, 3.8) is 0 Å². The number of hydrogen-bond acceptors (Lipinski definition) is 5. The molecule has 0 aliphatic carbocycles. The van der Waals surface area contributed by atoms with Gasteiger partial charge in [-0.05, 0) is 43.1 Å². The van der Waals surface area contributed by atoms with Crippen LogP contribution in [0.2, 0.25) is 31.0 Å². The summed E-state index contributed by atoms with van der Waals surface area (Å²) >= 11 is 6.17. The Kier molecular flexibility index (Phi) is 5.99. The molecule has 25 heavy (non-hydrogen) atoms. The van der Waals surface area contributed by atoms with Gasteiger partial charge in [0.25, 0.3) is 0 Å². The van der Waals surface area contributed by atoms with Gasteiger partial charge in [0.05, 0.1) is 5.39 Å². The molecule has 2 aromatic heterocycles. The zero-order chi connectivity index (χ0) is 17.9. The van der Waals surface area contributed by atoms with E-state index in [0.717, 1.165) is 49.0 Å². The summed E-state index contributed by atoms with van der Waals surface area (Å²) in [6, 6.07) is 3.56. The first-order valence-electron chi connectivity index (χ1n) is 9.00. The zero-order valence-corrected chi connectivity index (χ0v) is 17.1. The molecule has 0 bridgehead atoms. The SMILES string of the molecule is C[Si](C)(C)CCOCn1ccc2c(N[C@@H]3CCCNC3)nc(Cl)nc21. The molecule has 0 radical (unpaired) electrons.